The number of ketones is 1. The molecule has 0 fully saturated rings. The monoisotopic (exact) mass is 387 g/mol. The third-order valence-electron chi connectivity index (χ3n) is 4.40. The van der Waals surface area contributed by atoms with Gasteiger partial charge in [-0.2, -0.15) is 0 Å². The second-order valence-corrected chi connectivity index (χ2v) is 5.79. The second-order valence-electron chi connectivity index (χ2n) is 5.79. The highest BCUT2D eigenvalue weighted by atomic mass is 16.5. The van der Waals surface area contributed by atoms with Crippen molar-refractivity contribution in [1.29, 1.82) is 0 Å². The summed E-state index contributed by atoms with van der Waals surface area (Å²) in [5.74, 6) is 1.04. The van der Waals surface area contributed by atoms with Crippen LogP contribution in [0.2, 0.25) is 0 Å². The highest BCUT2D eigenvalue weighted by Crippen LogP contribution is 2.43. The van der Waals surface area contributed by atoms with Crippen molar-refractivity contribution in [2.75, 3.05) is 40.8 Å². The lowest BCUT2D eigenvalue weighted by molar-refractivity contribution is 0.103. The first-order valence-corrected chi connectivity index (χ1v) is 8.35. The smallest absolute Gasteiger partial charge is 0.205 e. The quantitative estimate of drug-likeness (QED) is 0.595. The van der Waals surface area contributed by atoms with Crippen LogP contribution in [-0.4, -0.2) is 46.4 Å². The van der Waals surface area contributed by atoms with E-state index in [0.717, 1.165) is 0 Å². The summed E-state index contributed by atoms with van der Waals surface area (Å²) in [7, 11) is 7.49. The first-order valence-electron chi connectivity index (χ1n) is 8.35. The fourth-order valence-electron chi connectivity index (χ4n) is 3.05. The number of carbonyl (C=O) groups excluding carboxylic acids is 1. The summed E-state index contributed by atoms with van der Waals surface area (Å²) in [6.07, 6.45) is 0. The molecule has 0 aliphatic carbocycles. The molecule has 0 aliphatic heterocycles. The first kappa shape index (κ1) is 19.2. The molecule has 0 saturated carbocycles. The first-order chi connectivity index (χ1) is 13.5. The van der Waals surface area contributed by atoms with Crippen LogP contribution in [0.15, 0.2) is 28.7 Å². The number of rotatable bonds is 7. The molecule has 0 unspecified atom stereocenters. The van der Waals surface area contributed by atoms with Crippen molar-refractivity contribution in [2.45, 2.75) is 0 Å². The standard InChI is InChI=1S/C20H21NO7/c1-21-20-15(11-6-7-12(24-2)17(23)18(11)28-20)16(22)10-8-13(25-3)19(27-5)14(9-10)26-4/h6-9,21,23H,1-5H3. The van der Waals surface area contributed by atoms with Crippen LogP contribution >= 0.6 is 0 Å². The minimum Gasteiger partial charge on any atom is -0.502 e. The molecule has 0 atom stereocenters. The molecule has 0 aliphatic rings. The van der Waals surface area contributed by atoms with Gasteiger partial charge in [-0.3, -0.25) is 4.79 Å². The van der Waals surface area contributed by atoms with E-state index in [1.807, 2.05) is 0 Å². The number of aromatic hydroxyl groups is 1. The van der Waals surface area contributed by atoms with Gasteiger partial charge in [-0.05, 0) is 24.3 Å². The van der Waals surface area contributed by atoms with Crippen molar-refractivity contribution in [3.63, 3.8) is 0 Å². The Morgan fingerprint density at radius 3 is 2.07 bits per heavy atom. The van der Waals surface area contributed by atoms with E-state index in [1.165, 1.54) is 28.4 Å². The van der Waals surface area contributed by atoms with Crippen molar-refractivity contribution in [3.8, 4) is 28.7 Å². The van der Waals surface area contributed by atoms with Gasteiger partial charge in [0.15, 0.2) is 28.6 Å². The maximum absolute atomic E-state index is 13.3. The Labute approximate surface area is 161 Å². The minimum atomic E-state index is -0.341. The number of nitrogens with one attached hydrogen (secondary N) is 1. The molecular weight excluding hydrogens is 366 g/mol. The fraction of sp³-hybridized carbons (Fsp3) is 0.250. The molecule has 28 heavy (non-hydrogen) atoms. The zero-order valence-corrected chi connectivity index (χ0v) is 16.2. The number of carbonyl (C=O) groups is 1. The number of furan rings is 1. The van der Waals surface area contributed by atoms with Gasteiger partial charge in [0.1, 0.15) is 0 Å². The summed E-state index contributed by atoms with van der Waals surface area (Å²) in [5.41, 5.74) is 0.730. The van der Waals surface area contributed by atoms with E-state index in [9.17, 15) is 9.90 Å². The van der Waals surface area contributed by atoms with Gasteiger partial charge in [-0.25, -0.2) is 0 Å². The summed E-state index contributed by atoms with van der Waals surface area (Å²) < 4.78 is 26.7. The summed E-state index contributed by atoms with van der Waals surface area (Å²) in [6.45, 7) is 0. The van der Waals surface area contributed by atoms with Crippen LogP contribution in [0.4, 0.5) is 5.88 Å². The van der Waals surface area contributed by atoms with Crippen molar-refractivity contribution in [1.82, 2.24) is 0 Å². The van der Waals surface area contributed by atoms with E-state index >= 15 is 0 Å². The zero-order chi connectivity index (χ0) is 20.4. The van der Waals surface area contributed by atoms with Gasteiger partial charge in [-0.1, -0.05) is 0 Å². The predicted molar refractivity (Wildman–Crippen MR) is 104 cm³/mol. The van der Waals surface area contributed by atoms with Crippen molar-refractivity contribution >= 4 is 22.6 Å². The Bertz CT molecular complexity index is 1010. The number of ether oxygens (including phenoxy) is 4. The molecule has 2 N–H and O–H groups in total. The van der Waals surface area contributed by atoms with Gasteiger partial charge in [0.2, 0.25) is 17.4 Å². The van der Waals surface area contributed by atoms with Gasteiger partial charge in [0.05, 0.1) is 34.0 Å². The molecule has 148 valence electrons. The molecule has 2 aromatic carbocycles. The SMILES string of the molecule is CNc1oc2c(O)c(OC)ccc2c1C(=O)c1cc(OC)c(OC)c(OC)c1. The highest BCUT2D eigenvalue weighted by Gasteiger charge is 2.26. The summed E-state index contributed by atoms with van der Waals surface area (Å²) in [4.78, 5) is 13.3. The Morgan fingerprint density at radius 1 is 0.964 bits per heavy atom. The molecule has 3 aromatic rings. The lowest BCUT2D eigenvalue weighted by atomic mass is 10.0. The lowest BCUT2D eigenvalue weighted by Gasteiger charge is -2.13. The van der Waals surface area contributed by atoms with Gasteiger partial charge in [-0.15, -0.1) is 0 Å². The number of phenols is 1. The van der Waals surface area contributed by atoms with Gasteiger partial charge >= 0.3 is 0 Å². The lowest BCUT2D eigenvalue weighted by Crippen LogP contribution is -2.06. The average molecular weight is 387 g/mol. The number of hydrogen-bond acceptors (Lipinski definition) is 8. The van der Waals surface area contributed by atoms with E-state index in [4.69, 9.17) is 23.4 Å². The molecule has 8 heteroatoms. The van der Waals surface area contributed by atoms with E-state index in [1.54, 1.807) is 31.3 Å². The highest BCUT2D eigenvalue weighted by molar-refractivity contribution is 6.20. The maximum atomic E-state index is 13.3. The van der Waals surface area contributed by atoms with Gasteiger partial charge in [0.25, 0.3) is 0 Å². The number of fused-ring (bicyclic) bond motifs is 1. The Kier molecular flexibility index (Phi) is 5.21. The molecule has 0 amide bonds. The van der Waals surface area contributed by atoms with E-state index < -0.39 is 0 Å². The normalized spacial score (nSPS) is 10.6. The Morgan fingerprint density at radius 2 is 1.57 bits per heavy atom. The fourth-order valence-corrected chi connectivity index (χ4v) is 3.05. The molecule has 0 bridgehead atoms. The van der Waals surface area contributed by atoms with Gasteiger partial charge < -0.3 is 33.8 Å². The minimum absolute atomic E-state index is 0.152. The van der Waals surface area contributed by atoms with Crippen LogP contribution in [0.3, 0.4) is 0 Å². The zero-order valence-electron chi connectivity index (χ0n) is 16.2. The van der Waals surface area contributed by atoms with Crippen molar-refractivity contribution < 1.29 is 33.3 Å². The van der Waals surface area contributed by atoms with E-state index in [-0.39, 0.29) is 34.3 Å². The third kappa shape index (κ3) is 2.92. The van der Waals surface area contributed by atoms with E-state index in [0.29, 0.717) is 28.2 Å². The van der Waals surface area contributed by atoms with Crippen LogP contribution in [0.1, 0.15) is 15.9 Å². The number of methoxy groups -OCH3 is 4. The molecular formula is C20H21NO7. The Balaban J connectivity index is 2.23. The molecule has 0 saturated heterocycles. The third-order valence-corrected chi connectivity index (χ3v) is 4.40. The van der Waals surface area contributed by atoms with Crippen molar-refractivity contribution in [3.05, 3.63) is 35.4 Å². The average Bonchev–Trinajstić information content (AvgIpc) is 3.11. The number of hydrogen-bond donors (Lipinski definition) is 2. The number of phenolic OH excluding ortho intramolecular Hbond substituents is 1. The molecule has 3 rings (SSSR count). The summed E-state index contributed by atoms with van der Waals surface area (Å²) in [6, 6.07) is 6.35. The van der Waals surface area contributed by atoms with Crippen LogP contribution in [0.5, 0.6) is 28.7 Å². The largest absolute Gasteiger partial charge is 0.502 e. The summed E-state index contributed by atoms with van der Waals surface area (Å²) in [5, 5.41) is 13.7. The van der Waals surface area contributed by atoms with Gasteiger partial charge in [0, 0.05) is 18.0 Å². The topological polar surface area (TPSA) is 99.4 Å². The summed E-state index contributed by atoms with van der Waals surface area (Å²) >= 11 is 0. The predicted octanol–water partition coefficient (Wildman–Crippen LogP) is 3.45. The maximum Gasteiger partial charge on any atom is 0.205 e. The molecule has 0 radical (unpaired) electrons. The second kappa shape index (κ2) is 7.59. The molecule has 1 aromatic heterocycles. The van der Waals surface area contributed by atoms with Crippen LogP contribution in [0, 0.1) is 0 Å². The number of anilines is 1. The van der Waals surface area contributed by atoms with Crippen LogP contribution in [-0.2, 0) is 0 Å². The molecule has 1 heterocycles. The molecule has 0 spiro atoms. The van der Waals surface area contributed by atoms with Crippen LogP contribution in [0.25, 0.3) is 11.0 Å². The number of benzene rings is 2. The Hall–Kier alpha value is -3.55. The van der Waals surface area contributed by atoms with E-state index in [2.05, 4.69) is 5.32 Å². The molecule has 8 nitrogen and oxygen atoms in total. The van der Waals surface area contributed by atoms with Crippen LogP contribution < -0.4 is 24.3 Å². The van der Waals surface area contributed by atoms with Crippen molar-refractivity contribution in [2.24, 2.45) is 0 Å².